The summed E-state index contributed by atoms with van der Waals surface area (Å²) >= 11 is 0. The van der Waals surface area contributed by atoms with E-state index in [1.54, 1.807) is 5.56 Å². The van der Waals surface area contributed by atoms with E-state index in [0.29, 0.717) is 0 Å². The number of aryl methyl sites for hydroxylation is 1. The van der Waals surface area contributed by atoms with Gasteiger partial charge in [-0.2, -0.15) is 0 Å². The molecule has 2 aliphatic carbocycles. The summed E-state index contributed by atoms with van der Waals surface area (Å²) in [4.78, 5) is 0. The van der Waals surface area contributed by atoms with Crippen LogP contribution in [0.25, 0.3) is 16.7 Å². The van der Waals surface area contributed by atoms with Gasteiger partial charge in [-0.25, -0.2) is 0 Å². The first-order valence-electron chi connectivity index (χ1n) is 10.2. The Labute approximate surface area is 165 Å². The van der Waals surface area contributed by atoms with Crippen molar-refractivity contribution in [1.82, 2.24) is 0 Å². The molecule has 0 heterocycles. The van der Waals surface area contributed by atoms with Crippen LogP contribution in [0.1, 0.15) is 81.3 Å². The third-order valence-corrected chi connectivity index (χ3v) is 6.10. The van der Waals surface area contributed by atoms with Crippen LogP contribution in [-0.2, 0) is 17.3 Å². The van der Waals surface area contributed by atoms with Gasteiger partial charge in [0.05, 0.1) is 0 Å². The molecule has 0 fully saturated rings. The predicted octanol–water partition coefficient (Wildman–Crippen LogP) is 7.50. The number of rotatable bonds is 1. The highest BCUT2D eigenvalue weighted by atomic mass is 14.3. The molecule has 2 aromatic carbocycles. The van der Waals surface area contributed by atoms with E-state index in [4.69, 9.17) is 0 Å². The summed E-state index contributed by atoms with van der Waals surface area (Å²) in [6.45, 7) is 16.3. The summed E-state index contributed by atoms with van der Waals surface area (Å²) in [6, 6.07) is 9.59. The Hall–Kier alpha value is -2.08. The Balaban J connectivity index is 1.96. The first kappa shape index (κ1) is 18.3. The third-order valence-electron chi connectivity index (χ3n) is 6.10. The monoisotopic (exact) mass is 356 g/mol. The SMILES string of the molecule is Cc1cc2c(c(C3=CC=CC3)c1C(C)(C)C)Cc1cc(C(C)(C)C)ccc1-2. The van der Waals surface area contributed by atoms with Gasteiger partial charge in [0.1, 0.15) is 0 Å². The molecule has 2 aliphatic rings. The van der Waals surface area contributed by atoms with Crippen LogP contribution in [0.3, 0.4) is 0 Å². The number of allylic oxidation sites excluding steroid dienone is 4. The van der Waals surface area contributed by atoms with E-state index in [-0.39, 0.29) is 10.8 Å². The van der Waals surface area contributed by atoms with Gasteiger partial charge in [0.2, 0.25) is 0 Å². The maximum Gasteiger partial charge on any atom is -0.000719 e. The van der Waals surface area contributed by atoms with Crippen LogP contribution in [0.4, 0.5) is 0 Å². The fraction of sp³-hybridized carbons (Fsp3) is 0.407. The van der Waals surface area contributed by atoms with Crippen LogP contribution >= 0.6 is 0 Å². The maximum atomic E-state index is 2.45. The normalized spacial score (nSPS) is 15.7. The number of hydrogen-bond donors (Lipinski definition) is 0. The number of fused-ring (bicyclic) bond motifs is 3. The van der Waals surface area contributed by atoms with E-state index in [9.17, 15) is 0 Å². The van der Waals surface area contributed by atoms with Gasteiger partial charge in [-0.15, -0.1) is 0 Å². The van der Waals surface area contributed by atoms with Crippen LogP contribution < -0.4 is 0 Å². The molecule has 0 N–H and O–H groups in total. The molecule has 0 radical (unpaired) electrons. The van der Waals surface area contributed by atoms with E-state index < -0.39 is 0 Å². The Morgan fingerprint density at radius 3 is 2.19 bits per heavy atom. The average molecular weight is 357 g/mol. The quantitative estimate of drug-likeness (QED) is 0.423. The van der Waals surface area contributed by atoms with Gasteiger partial charge in [-0.1, -0.05) is 84.0 Å². The Morgan fingerprint density at radius 2 is 1.59 bits per heavy atom. The number of benzene rings is 2. The molecule has 0 spiro atoms. The van der Waals surface area contributed by atoms with E-state index in [1.165, 1.54) is 44.5 Å². The standard InChI is InChI=1S/C27H32/c1-17-14-22-21-13-12-20(26(2,3)4)15-19(21)16-23(22)24(18-10-8-9-11-18)25(17)27(5,6)7/h8-10,12-15H,11,16H2,1-7H3. The van der Waals surface area contributed by atoms with Gasteiger partial charge in [-0.3, -0.25) is 0 Å². The Kier molecular flexibility index (Phi) is 4.04. The molecule has 0 unspecified atom stereocenters. The molecule has 4 rings (SSSR count). The van der Waals surface area contributed by atoms with E-state index >= 15 is 0 Å². The summed E-state index contributed by atoms with van der Waals surface area (Å²) in [7, 11) is 0. The molecule has 27 heavy (non-hydrogen) atoms. The fourth-order valence-electron chi connectivity index (χ4n) is 4.90. The smallest absolute Gasteiger partial charge is 0.000719 e. The van der Waals surface area contributed by atoms with Gasteiger partial charge in [0, 0.05) is 0 Å². The topological polar surface area (TPSA) is 0 Å². The summed E-state index contributed by atoms with van der Waals surface area (Å²) in [5.41, 5.74) is 13.7. The first-order valence-corrected chi connectivity index (χ1v) is 10.2. The van der Waals surface area contributed by atoms with Gasteiger partial charge in [0.15, 0.2) is 0 Å². The van der Waals surface area contributed by atoms with Crippen molar-refractivity contribution in [2.75, 3.05) is 0 Å². The van der Waals surface area contributed by atoms with Crippen molar-refractivity contribution in [3.63, 3.8) is 0 Å². The lowest BCUT2D eigenvalue weighted by Gasteiger charge is -2.28. The van der Waals surface area contributed by atoms with Crippen molar-refractivity contribution in [2.45, 2.75) is 72.1 Å². The van der Waals surface area contributed by atoms with Crippen molar-refractivity contribution in [3.05, 3.63) is 75.9 Å². The molecule has 0 atom stereocenters. The lowest BCUT2D eigenvalue weighted by Crippen LogP contribution is -2.17. The van der Waals surface area contributed by atoms with Crippen molar-refractivity contribution in [2.24, 2.45) is 0 Å². The zero-order valence-corrected chi connectivity index (χ0v) is 18.0. The van der Waals surface area contributed by atoms with E-state index in [0.717, 1.165) is 12.8 Å². The summed E-state index contributed by atoms with van der Waals surface area (Å²) < 4.78 is 0. The predicted molar refractivity (Wildman–Crippen MR) is 119 cm³/mol. The molecule has 2 aromatic rings. The molecule has 0 nitrogen and oxygen atoms in total. The molecule has 0 aliphatic heterocycles. The minimum absolute atomic E-state index is 0.142. The van der Waals surface area contributed by atoms with Crippen molar-refractivity contribution >= 4 is 5.57 Å². The molecule has 0 amide bonds. The highest BCUT2D eigenvalue weighted by Crippen LogP contribution is 2.47. The molecule has 140 valence electrons. The average Bonchev–Trinajstić information content (AvgIpc) is 3.18. The highest BCUT2D eigenvalue weighted by molar-refractivity contribution is 5.87. The van der Waals surface area contributed by atoms with Gasteiger partial charge >= 0.3 is 0 Å². The van der Waals surface area contributed by atoms with Crippen LogP contribution in [0.5, 0.6) is 0 Å². The molecular formula is C27H32. The van der Waals surface area contributed by atoms with Crippen LogP contribution in [0.15, 0.2) is 42.5 Å². The zero-order valence-electron chi connectivity index (χ0n) is 18.0. The molecule has 0 bridgehead atoms. The molecular weight excluding hydrogens is 324 g/mol. The molecule has 0 saturated heterocycles. The minimum Gasteiger partial charge on any atom is -0.0801 e. The van der Waals surface area contributed by atoms with Crippen LogP contribution in [0.2, 0.25) is 0 Å². The van der Waals surface area contributed by atoms with Crippen molar-refractivity contribution in [1.29, 1.82) is 0 Å². The van der Waals surface area contributed by atoms with Crippen molar-refractivity contribution < 1.29 is 0 Å². The highest BCUT2D eigenvalue weighted by Gasteiger charge is 2.31. The molecule has 0 saturated carbocycles. The summed E-state index contributed by atoms with van der Waals surface area (Å²) in [5.74, 6) is 0. The van der Waals surface area contributed by atoms with Gasteiger partial charge in [-0.05, 0) is 80.7 Å². The van der Waals surface area contributed by atoms with Gasteiger partial charge in [0.25, 0.3) is 0 Å². The summed E-state index contributed by atoms with van der Waals surface area (Å²) in [5, 5.41) is 0. The lowest BCUT2D eigenvalue weighted by molar-refractivity contribution is 0.583. The third kappa shape index (κ3) is 3.00. The number of hydrogen-bond acceptors (Lipinski definition) is 0. The first-order chi connectivity index (χ1) is 12.6. The molecule has 0 aromatic heterocycles. The minimum atomic E-state index is 0.142. The van der Waals surface area contributed by atoms with Crippen molar-refractivity contribution in [3.8, 4) is 11.1 Å². The van der Waals surface area contributed by atoms with Crippen LogP contribution in [-0.4, -0.2) is 0 Å². The second-order valence-electron chi connectivity index (χ2n) is 10.3. The van der Waals surface area contributed by atoms with Crippen LogP contribution in [0, 0.1) is 6.92 Å². The largest absolute Gasteiger partial charge is 0.0801 e. The lowest BCUT2D eigenvalue weighted by atomic mass is 9.76. The van der Waals surface area contributed by atoms with Gasteiger partial charge < -0.3 is 0 Å². The maximum absolute atomic E-state index is 2.45. The molecule has 0 heteroatoms. The second-order valence-corrected chi connectivity index (χ2v) is 10.3. The zero-order chi connectivity index (χ0) is 19.6. The van der Waals surface area contributed by atoms with E-state index in [2.05, 4.69) is 91.0 Å². The Morgan fingerprint density at radius 1 is 0.852 bits per heavy atom. The second kappa shape index (κ2) is 5.96. The summed E-state index contributed by atoms with van der Waals surface area (Å²) in [6.07, 6.45) is 8.95. The fourth-order valence-corrected chi connectivity index (χ4v) is 4.90. The van der Waals surface area contributed by atoms with E-state index in [1.807, 2.05) is 0 Å². The Bertz CT molecular complexity index is 982.